The van der Waals surface area contributed by atoms with E-state index >= 15 is 0 Å². The standard InChI is InChI=1S/C14H14ClN3O2S/c1-3-11(19)17-14-12(8(2)18-21-14)13(20)16-10-6-4-9(15)5-7-10/h4-7H,3H2,1-2H3,(H,16,20)(H,17,19). The van der Waals surface area contributed by atoms with Crippen molar-refractivity contribution in [1.82, 2.24) is 4.37 Å². The Kier molecular flexibility index (Phi) is 4.93. The Morgan fingerprint density at radius 1 is 1.24 bits per heavy atom. The number of hydrogen-bond acceptors (Lipinski definition) is 4. The van der Waals surface area contributed by atoms with Gasteiger partial charge in [-0.15, -0.1) is 0 Å². The number of hydrogen-bond donors (Lipinski definition) is 2. The van der Waals surface area contributed by atoms with E-state index in [1.165, 1.54) is 0 Å². The highest BCUT2D eigenvalue weighted by molar-refractivity contribution is 7.11. The van der Waals surface area contributed by atoms with E-state index in [-0.39, 0.29) is 11.8 Å². The molecule has 1 heterocycles. The molecule has 0 aliphatic rings. The molecule has 5 nitrogen and oxygen atoms in total. The number of anilines is 2. The topological polar surface area (TPSA) is 71.1 Å². The Hall–Kier alpha value is -1.92. The first-order chi connectivity index (χ1) is 10.0. The fraction of sp³-hybridized carbons (Fsp3) is 0.214. The van der Waals surface area contributed by atoms with Gasteiger partial charge in [-0.2, -0.15) is 4.37 Å². The van der Waals surface area contributed by atoms with Gasteiger partial charge in [-0.3, -0.25) is 9.59 Å². The molecule has 0 bridgehead atoms. The van der Waals surface area contributed by atoms with Crippen LogP contribution in [0.25, 0.3) is 0 Å². The van der Waals surface area contributed by atoms with Gasteiger partial charge in [0.05, 0.1) is 11.3 Å². The highest BCUT2D eigenvalue weighted by atomic mass is 35.5. The van der Waals surface area contributed by atoms with Crippen LogP contribution in [0, 0.1) is 6.92 Å². The number of nitrogens with zero attached hydrogens (tertiary/aromatic N) is 1. The molecule has 0 aliphatic heterocycles. The fourth-order valence-corrected chi connectivity index (χ4v) is 2.60. The summed E-state index contributed by atoms with van der Waals surface area (Å²) in [6.07, 6.45) is 0.342. The number of aryl methyl sites for hydroxylation is 1. The number of rotatable bonds is 4. The molecule has 110 valence electrons. The number of benzene rings is 1. The maximum atomic E-state index is 12.3. The Bertz CT molecular complexity index is 667. The molecule has 0 atom stereocenters. The van der Waals surface area contributed by atoms with Gasteiger partial charge in [-0.1, -0.05) is 18.5 Å². The first-order valence-corrected chi connectivity index (χ1v) is 7.49. The first-order valence-electron chi connectivity index (χ1n) is 6.34. The van der Waals surface area contributed by atoms with Gasteiger partial charge >= 0.3 is 0 Å². The molecule has 2 aromatic rings. The van der Waals surface area contributed by atoms with Gasteiger partial charge in [0, 0.05) is 17.1 Å². The van der Waals surface area contributed by atoms with Crippen LogP contribution in [0.4, 0.5) is 10.7 Å². The Morgan fingerprint density at radius 3 is 2.52 bits per heavy atom. The number of nitrogens with one attached hydrogen (secondary N) is 2. The van der Waals surface area contributed by atoms with Gasteiger partial charge in [0.15, 0.2) is 0 Å². The van der Waals surface area contributed by atoms with E-state index in [0.29, 0.717) is 33.4 Å². The second-order valence-corrected chi connectivity index (χ2v) is 5.54. The van der Waals surface area contributed by atoms with Crippen molar-refractivity contribution < 1.29 is 9.59 Å². The molecule has 0 unspecified atom stereocenters. The van der Waals surface area contributed by atoms with Crippen LogP contribution in [-0.4, -0.2) is 16.2 Å². The molecule has 7 heteroatoms. The molecule has 0 spiro atoms. The third kappa shape index (κ3) is 3.80. The van der Waals surface area contributed by atoms with Crippen LogP contribution in [0.3, 0.4) is 0 Å². The van der Waals surface area contributed by atoms with Crippen LogP contribution in [0.15, 0.2) is 24.3 Å². The number of carbonyl (C=O) groups is 2. The zero-order valence-corrected chi connectivity index (χ0v) is 13.1. The molecule has 0 aliphatic carbocycles. The van der Waals surface area contributed by atoms with Crippen molar-refractivity contribution in [2.75, 3.05) is 10.6 Å². The van der Waals surface area contributed by atoms with Crippen LogP contribution in [0.5, 0.6) is 0 Å². The lowest BCUT2D eigenvalue weighted by molar-refractivity contribution is -0.115. The van der Waals surface area contributed by atoms with Crippen molar-refractivity contribution in [2.45, 2.75) is 20.3 Å². The molecule has 0 saturated carbocycles. The summed E-state index contributed by atoms with van der Waals surface area (Å²) in [6.45, 7) is 3.48. The zero-order chi connectivity index (χ0) is 15.4. The molecule has 1 aromatic carbocycles. The average molecular weight is 324 g/mol. The third-order valence-electron chi connectivity index (χ3n) is 2.77. The van der Waals surface area contributed by atoms with Crippen LogP contribution in [0.1, 0.15) is 29.4 Å². The largest absolute Gasteiger partial charge is 0.322 e. The molecule has 0 fully saturated rings. The minimum Gasteiger partial charge on any atom is -0.322 e. The second-order valence-electron chi connectivity index (χ2n) is 4.33. The quantitative estimate of drug-likeness (QED) is 0.901. The smallest absolute Gasteiger partial charge is 0.260 e. The summed E-state index contributed by atoms with van der Waals surface area (Å²) in [4.78, 5) is 23.8. The van der Waals surface area contributed by atoms with Crippen molar-refractivity contribution in [3.8, 4) is 0 Å². The number of halogens is 1. The molecule has 2 N–H and O–H groups in total. The molecule has 2 amide bonds. The van der Waals surface area contributed by atoms with Crippen molar-refractivity contribution in [3.05, 3.63) is 40.5 Å². The van der Waals surface area contributed by atoms with E-state index in [1.807, 2.05) is 0 Å². The number of amides is 2. The van der Waals surface area contributed by atoms with Gasteiger partial charge in [-0.25, -0.2) is 0 Å². The maximum Gasteiger partial charge on any atom is 0.260 e. The second kappa shape index (κ2) is 6.69. The van der Waals surface area contributed by atoms with E-state index in [0.717, 1.165) is 11.5 Å². The lowest BCUT2D eigenvalue weighted by Gasteiger charge is -2.07. The van der Waals surface area contributed by atoms with Crippen molar-refractivity contribution in [1.29, 1.82) is 0 Å². The van der Waals surface area contributed by atoms with Crippen LogP contribution in [-0.2, 0) is 4.79 Å². The Labute approximate surface area is 131 Å². The Balaban J connectivity index is 2.20. The number of aromatic nitrogens is 1. The van der Waals surface area contributed by atoms with Gasteiger partial charge in [-0.05, 0) is 42.7 Å². The highest BCUT2D eigenvalue weighted by Gasteiger charge is 2.19. The van der Waals surface area contributed by atoms with E-state index in [2.05, 4.69) is 15.0 Å². The molecule has 0 radical (unpaired) electrons. The minimum absolute atomic E-state index is 0.154. The van der Waals surface area contributed by atoms with Crippen LogP contribution >= 0.6 is 23.1 Å². The summed E-state index contributed by atoms with van der Waals surface area (Å²) in [5, 5.41) is 6.51. The molecule has 21 heavy (non-hydrogen) atoms. The highest BCUT2D eigenvalue weighted by Crippen LogP contribution is 2.26. The molecule has 1 aromatic heterocycles. The van der Waals surface area contributed by atoms with Crippen LogP contribution in [0.2, 0.25) is 5.02 Å². The van der Waals surface area contributed by atoms with Crippen molar-refractivity contribution in [3.63, 3.8) is 0 Å². The predicted octanol–water partition coefficient (Wildman–Crippen LogP) is 3.71. The fourth-order valence-electron chi connectivity index (χ4n) is 1.66. The summed E-state index contributed by atoms with van der Waals surface area (Å²) >= 11 is 6.90. The van der Waals surface area contributed by atoms with Gasteiger partial charge < -0.3 is 10.6 Å². The normalized spacial score (nSPS) is 10.2. The monoisotopic (exact) mass is 323 g/mol. The lowest BCUT2D eigenvalue weighted by atomic mass is 10.2. The van der Waals surface area contributed by atoms with E-state index in [9.17, 15) is 9.59 Å². The maximum absolute atomic E-state index is 12.3. The molecular weight excluding hydrogens is 310 g/mol. The lowest BCUT2D eigenvalue weighted by Crippen LogP contribution is -2.16. The number of carbonyl (C=O) groups excluding carboxylic acids is 2. The SMILES string of the molecule is CCC(=O)Nc1snc(C)c1C(=O)Nc1ccc(Cl)cc1. The zero-order valence-electron chi connectivity index (χ0n) is 11.6. The summed E-state index contributed by atoms with van der Waals surface area (Å²) < 4.78 is 4.13. The van der Waals surface area contributed by atoms with Gasteiger partial charge in [0.1, 0.15) is 5.00 Å². The Morgan fingerprint density at radius 2 is 1.90 bits per heavy atom. The van der Waals surface area contributed by atoms with E-state index < -0.39 is 0 Å². The van der Waals surface area contributed by atoms with Crippen molar-refractivity contribution in [2.24, 2.45) is 0 Å². The third-order valence-corrected chi connectivity index (χ3v) is 3.87. The summed E-state index contributed by atoms with van der Waals surface area (Å²) in [6, 6.07) is 6.80. The molecule has 0 saturated heterocycles. The first kappa shape index (κ1) is 15.5. The van der Waals surface area contributed by atoms with Gasteiger partial charge in [0.25, 0.3) is 5.91 Å². The van der Waals surface area contributed by atoms with Gasteiger partial charge in [0.2, 0.25) is 5.91 Å². The summed E-state index contributed by atoms with van der Waals surface area (Å²) in [7, 11) is 0. The van der Waals surface area contributed by atoms with E-state index in [1.54, 1.807) is 38.1 Å². The predicted molar refractivity (Wildman–Crippen MR) is 85.2 cm³/mol. The minimum atomic E-state index is -0.310. The van der Waals surface area contributed by atoms with Crippen LogP contribution < -0.4 is 10.6 Å². The summed E-state index contributed by atoms with van der Waals surface area (Å²) in [5.74, 6) is -0.464. The molecule has 2 rings (SSSR count). The van der Waals surface area contributed by atoms with E-state index in [4.69, 9.17) is 11.6 Å². The average Bonchev–Trinajstić information content (AvgIpc) is 2.82. The summed E-state index contributed by atoms with van der Waals surface area (Å²) in [5.41, 5.74) is 1.59. The van der Waals surface area contributed by atoms with Crippen molar-refractivity contribution >= 4 is 45.6 Å². The molecular formula is C14H14ClN3O2S.